The topological polar surface area (TPSA) is 94.0 Å². The van der Waals surface area contributed by atoms with Gasteiger partial charge in [-0.25, -0.2) is 0 Å². The second-order valence-corrected chi connectivity index (χ2v) is 6.61. The third-order valence-corrected chi connectivity index (χ3v) is 4.79. The third-order valence-electron chi connectivity index (χ3n) is 4.79. The lowest BCUT2D eigenvalue weighted by Crippen LogP contribution is -2.05. The van der Waals surface area contributed by atoms with Crippen molar-refractivity contribution in [3.63, 3.8) is 0 Å². The summed E-state index contributed by atoms with van der Waals surface area (Å²) in [7, 11) is 1.41. The molecule has 0 atom stereocenters. The average molecular weight is 376 g/mol. The molecule has 28 heavy (non-hydrogen) atoms. The summed E-state index contributed by atoms with van der Waals surface area (Å²) in [5.74, 6) is 0.232. The number of nitrogens with zero attached hydrogens (tertiary/aromatic N) is 4. The lowest BCUT2D eigenvalue weighted by molar-refractivity contribution is -0.385. The van der Waals surface area contributed by atoms with E-state index in [9.17, 15) is 10.1 Å². The van der Waals surface area contributed by atoms with Gasteiger partial charge in [0.25, 0.3) is 0 Å². The molecule has 1 heterocycles. The van der Waals surface area contributed by atoms with Crippen molar-refractivity contribution in [1.82, 2.24) is 9.78 Å². The Morgan fingerprint density at radius 3 is 2.57 bits per heavy atom. The molecule has 7 nitrogen and oxygen atoms in total. The molecule has 3 rings (SSSR count). The molecule has 0 radical (unpaired) electrons. The van der Waals surface area contributed by atoms with Crippen LogP contribution in [0.4, 0.5) is 5.69 Å². The highest BCUT2D eigenvalue weighted by Crippen LogP contribution is 2.31. The van der Waals surface area contributed by atoms with Gasteiger partial charge < -0.3 is 4.74 Å². The average Bonchev–Trinajstić information content (AvgIpc) is 2.94. The van der Waals surface area contributed by atoms with Gasteiger partial charge in [0.05, 0.1) is 35.9 Å². The van der Waals surface area contributed by atoms with Gasteiger partial charge in [-0.3, -0.25) is 14.8 Å². The zero-order valence-electron chi connectivity index (χ0n) is 16.2. The minimum atomic E-state index is -0.450. The fourth-order valence-electron chi connectivity index (χ4n) is 3.36. The Kier molecular flexibility index (Phi) is 5.14. The van der Waals surface area contributed by atoms with Gasteiger partial charge in [-0.05, 0) is 55.7 Å². The molecule has 0 saturated heterocycles. The molecule has 0 aliphatic rings. The van der Waals surface area contributed by atoms with E-state index in [-0.39, 0.29) is 11.4 Å². The summed E-state index contributed by atoms with van der Waals surface area (Å²) in [6.07, 6.45) is 0. The van der Waals surface area contributed by atoms with Crippen LogP contribution in [0.3, 0.4) is 0 Å². The number of nitro benzene ring substituents is 1. The molecule has 0 aliphatic heterocycles. The quantitative estimate of drug-likeness (QED) is 0.488. The first-order valence-corrected chi connectivity index (χ1v) is 8.72. The Morgan fingerprint density at radius 2 is 1.96 bits per heavy atom. The van der Waals surface area contributed by atoms with Gasteiger partial charge in [0.2, 0.25) is 0 Å². The van der Waals surface area contributed by atoms with E-state index in [1.807, 2.05) is 43.7 Å². The van der Waals surface area contributed by atoms with Crippen LogP contribution in [0.2, 0.25) is 0 Å². The molecule has 0 amide bonds. The van der Waals surface area contributed by atoms with Crippen LogP contribution in [0.25, 0.3) is 11.1 Å². The normalized spacial score (nSPS) is 10.5. The van der Waals surface area contributed by atoms with Crippen LogP contribution in [0.1, 0.15) is 28.1 Å². The number of rotatable bonds is 5. The summed E-state index contributed by atoms with van der Waals surface area (Å²) < 4.78 is 6.90. The van der Waals surface area contributed by atoms with E-state index in [0.717, 1.165) is 33.6 Å². The summed E-state index contributed by atoms with van der Waals surface area (Å²) in [6.45, 7) is 6.23. The zero-order chi connectivity index (χ0) is 20.4. The molecular weight excluding hydrogens is 356 g/mol. The van der Waals surface area contributed by atoms with Gasteiger partial charge in [0.15, 0.2) is 5.75 Å². The van der Waals surface area contributed by atoms with Crippen LogP contribution in [-0.2, 0) is 6.54 Å². The second-order valence-electron chi connectivity index (χ2n) is 6.61. The minimum Gasteiger partial charge on any atom is -0.490 e. The number of ether oxygens (including phenoxy) is 1. The predicted molar refractivity (Wildman–Crippen MR) is 105 cm³/mol. The predicted octanol–water partition coefficient (Wildman–Crippen LogP) is 4.31. The number of methoxy groups -OCH3 is 1. The van der Waals surface area contributed by atoms with Crippen molar-refractivity contribution in [2.75, 3.05) is 7.11 Å². The zero-order valence-corrected chi connectivity index (χ0v) is 16.2. The third kappa shape index (κ3) is 3.45. The Bertz CT molecular complexity index is 1110. The van der Waals surface area contributed by atoms with E-state index >= 15 is 0 Å². The first-order chi connectivity index (χ1) is 13.3. The fourth-order valence-corrected chi connectivity index (χ4v) is 3.36. The number of benzene rings is 2. The lowest BCUT2D eigenvalue weighted by Gasteiger charge is -2.08. The number of nitriles is 1. The van der Waals surface area contributed by atoms with Crippen molar-refractivity contribution in [1.29, 1.82) is 5.26 Å². The van der Waals surface area contributed by atoms with Crippen LogP contribution in [-0.4, -0.2) is 21.8 Å². The highest BCUT2D eigenvalue weighted by atomic mass is 16.6. The number of aryl methyl sites for hydroxylation is 2. The standard InChI is InChI=1S/C21H20N4O3/c1-13-9-17(6-7-18(13)11-22)21-14(2)23-24(15(21)3)12-16-5-8-20(28-4)19(10-16)25(26)27/h5-10H,12H2,1-4H3. The molecule has 0 spiro atoms. The second kappa shape index (κ2) is 7.53. The minimum absolute atomic E-state index is 0.0653. The first-order valence-electron chi connectivity index (χ1n) is 8.72. The number of nitro groups is 1. The largest absolute Gasteiger partial charge is 0.490 e. The smallest absolute Gasteiger partial charge is 0.311 e. The lowest BCUT2D eigenvalue weighted by atomic mass is 9.99. The van der Waals surface area contributed by atoms with Crippen LogP contribution in [0.15, 0.2) is 36.4 Å². The molecule has 0 fully saturated rings. The van der Waals surface area contributed by atoms with E-state index in [4.69, 9.17) is 10.00 Å². The maximum absolute atomic E-state index is 11.3. The number of hydrogen-bond acceptors (Lipinski definition) is 5. The van der Waals surface area contributed by atoms with Gasteiger partial charge in [-0.1, -0.05) is 12.1 Å². The molecule has 7 heteroatoms. The van der Waals surface area contributed by atoms with Gasteiger partial charge in [0.1, 0.15) is 0 Å². The Morgan fingerprint density at radius 1 is 1.21 bits per heavy atom. The van der Waals surface area contributed by atoms with Crippen molar-refractivity contribution in [3.8, 4) is 22.9 Å². The Labute approximate surface area is 163 Å². The fraction of sp³-hybridized carbons (Fsp3) is 0.238. The molecule has 0 N–H and O–H groups in total. The maximum Gasteiger partial charge on any atom is 0.311 e. The Hall–Kier alpha value is -3.66. The number of hydrogen-bond donors (Lipinski definition) is 0. The Balaban J connectivity index is 1.99. The molecule has 0 unspecified atom stereocenters. The highest BCUT2D eigenvalue weighted by molar-refractivity contribution is 5.70. The van der Waals surface area contributed by atoms with Gasteiger partial charge in [-0.15, -0.1) is 0 Å². The SMILES string of the molecule is COc1ccc(Cn2nc(C)c(-c3ccc(C#N)c(C)c3)c2C)cc1[N+](=O)[O-]. The van der Waals surface area contributed by atoms with Gasteiger partial charge in [0, 0.05) is 17.3 Å². The molecule has 1 aromatic heterocycles. The van der Waals surface area contributed by atoms with Crippen LogP contribution >= 0.6 is 0 Å². The van der Waals surface area contributed by atoms with E-state index < -0.39 is 4.92 Å². The van der Waals surface area contributed by atoms with Crippen molar-refractivity contribution in [2.24, 2.45) is 0 Å². The molecule has 2 aromatic carbocycles. The molecule has 0 saturated carbocycles. The van der Waals surface area contributed by atoms with E-state index in [1.165, 1.54) is 13.2 Å². The van der Waals surface area contributed by atoms with Crippen molar-refractivity contribution in [2.45, 2.75) is 27.3 Å². The maximum atomic E-state index is 11.3. The summed E-state index contributed by atoms with van der Waals surface area (Å²) in [5, 5.41) is 25.0. The monoisotopic (exact) mass is 376 g/mol. The number of aromatic nitrogens is 2. The van der Waals surface area contributed by atoms with Gasteiger partial charge >= 0.3 is 5.69 Å². The van der Waals surface area contributed by atoms with Crippen LogP contribution in [0.5, 0.6) is 5.75 Å². The molecular formula is C21H20N4O3. The molecule has 0 aliphatic carbocycles. The van der Waals surface area contributed by atoms with Crippen molar-refractivity contribution >= 4 is 5.69 Å². The van der Waals surface area contributed by atoms with E-state index in [2.05, 4.69) is 11.2 Å². The van der Waals surface area contributed by atoms with Crippen molar-refractivity contribution in [3.05, 3.63) is 74.6 Å². The summed E-state index contributed by atoms with van der Waals surface area (Å²) in [4.78, 5) is 10.8. The molecule has 3 aromatic rings. The van der Waals surface area contributed by atoms with E-state index in [0.29, 0.717) is 12.1 Å². The highest BCUT2D eigenvalue weighted by Gasteiger charge is 2.18. The van der Waals surface area contributed by atoms with Crippen molar-refractivity contribution < 1.29 is 9.66 Å². The van der Waals surface area contributed by atoms with Crippen LogP contribution < -0.4 is 4.74 Å². The summed E-state index contributed by atoms with van der Waals surface area (Å²) in [6, 6.07) is 12.8. The first kappa shape index (κ1) is 19.1. The van der Waals surface area contributed by atoms with Gasteiger partial charge in [-0.2, -0.15) is 10.4 Å². The molecule has 0 bridgehead atoms. The van der Waals surface area contributed by atoms with E-state index in [1.54, 1.807) is 12.1 Å². The van der Waals surface area contributed by atoms with Crippen LogP contribution in [0, 0.1) is 42.2 Å². The molecule has 142 valence electrons. The summed E-state index contributed by atoms with van der Waals surface area (Å²) in [5.41, 5.74) is 6.10. The summed E-state index contributed by atoms with van der Waals surface area (Å²) >= 11 is 0.